The number of hydroxylamine groups is 1. The highest BCUT2D eigenvalue weighted by molar-refractivity contribution is 5.98. The predicted molar refractivity (Wildman–Crippen MR) is 56.5 cm³/mol. The van der Waals surface area contributed by atoms with Gasteiger partial charge in [-0.25, -0.2) is 0 Å². The molecule has 0 amide bonds. The lowest BCUT2D eigenvalue weighted by molar-refractivity contribution is -0.830. The van der Waals surface area contributed by atoms with E-state index in [2.05, 4.69) is 45.0 Å². The molecule has 1 aliphatic heterocycles. The Bertz CT molecular complexity index is 405. The van der Waals surface area contributed by atoms with E-state index in [0.717, 1.165) is 0 Å². The SMILES string of the molecule is CO[N+]1=C(C)c2ccccc2C1(C)C. The normalized spacial score (nSPS) is 18.3. The molecular weight excluding hydrogens is 174 g/mol. The molecule has 0 aliphatic carbocycles. The van der Waals surface area contributed by atoms with Gasteiger partial charge >= 0.3 is 0 Å². The van der Waals surface area contributed by atoms with Crippen LogP contribution in [0.3, 0.4) is 0 Å². The van der Waals surface area contributed by atoms with E-state index in [1.165, 1.54) is 16.8 Å². The maximum Gasteiger partial charge on any atom is 0.233 e. The van der Waals surface area contributed by atoms with Crippen molar-refractivity contribution >= 4 is 5.71 Å². The maximum atomic E-state index is 5.42. The van der Waals surface area contributed by atoms with Gasteiger partial charge in [-0.2, -0.15) is 0 Å². The van der Waals surface area contributed by atoms with E-state index < -0.39 is 0 Å². The van der Waals surface area contributed by atoms with Crippen molar-refractivity contribution in [1.82, 2.24) is 0 Å². The van der Waals surface area contributed by atoms with E-state index in [1.807, 2.05) is 4.74 Å². The van der Waals surface area contributed by atoms with E-state index in [-0.39, 0.29) is 5.54 Å². The number of benzene rings is 1. The van der Waals surface area contributed by atoms with Crippen molar-refractivity contribution < 1.29 is 9.58 Å². The fourth-order valence-electron chi connectivity index (χ4n) is 2.34. The summed E-state index contributed by atoms with van der Waals surface area (Å²) in [5.41, 5.74) is 3.75. The Morgan fingerprint density at radius 3 is 2.43 bits per heavy atom. The van der Waals surface area contributed by atoms with E-state index in [4.69, 9.17) is 4.84 Å². The zero-order chi connectivity index (χ0) is 10.3. The molecule has 1 heterocycles. The van der Waals surface area contributed by atoms with Gasteiger partial charge < -0.3 is 0 Å². The average molecular weight is 190 g/mol. The van der Waals surface area contributed by atoms with Crippen molar-refractivity contribution in [2.24, 2.45) is 0 Å². The first-order valence-electron chi connectivity index (χ1n) is 4.87. The zero-order valence-electron chi connectivity index (χ0n) is 9.16. The smallest absolute Gasteiger partial charge is 0.233 e. The molecule has 0 atom stereocenters. The lowest BCUT2D eigenvalue weighted by Crippen LogP contribution is -2.30. The largest absolute Gasteiger partial charge is 0.279 e. The molecule has 2 nitrogen and oxygen atoms in total. The third-order valence-electron chi connectivity index (χ3n) is 2.97. The fourth-order valence-corrected chi connectivity index (χ4v) is 2.34. The van der Waals surface area contributed by atoms with Crippen LogP contribution in [-0.4, -0.2) is 17.6 Å². The third kappa shape index (κ3) is 0.999. The summed E-state index contributed by atoms with van der Waals surface area (Å²) in [5, 5.41) is 0. The molecular formula is C12H16NO+. The van der Waals surface area contributed by atoms with Gasteiger partial charge in [-0.3, -0.25) is 4.84 Å². The van der Waals surface area contributed by atoms with Gasteiger partial charge in [0.2, 0.25) is 11.3 Å². The van der Waals surface area contributed by atoms with Crippen LogP contribution in [0.1, 0.15) is 31.9 Å². The molecule has 0 N–H and O–H groups in total. The van der Waals surface area contributed by atoms with Crippen LogP contribution in [0, 0.1) is 0 Å². The van der Waals surface area contributed by atoms with Gasteiger partial charge in [0.25, 0.3) is 0 Å². The Labute approximate surface area is 84.8 Å². The molecule has 0 fully saturated rings. The molecule has 2 heteroatoms. The molecule has 74 valence electrons. The number of rotatable bonds is 1. The zero-order valence-corrected chi connectivity index (χ0v) is 9.16. The summed E-state index contributed by atoms with van der Waals surface area (Å²) >= 11 is 0. The second-order valence-corrected chi connectivity index (χ2v) is 4.17. The second-order valence-electron chi connectivity index (χ2n) is 4.17. The molecule has 0 aromatic heterocycles. The van der Waals surface area contributed by atoms with E-state index in [0.29, 0.717) is 0 Å². The van der Waals surface area contributed by atoms with E-state index in [9.17, 15) is 0 Å². The fraction of sp³-hybridized carbons (Fsp3) is 0.417. The van der Waals surface area contributed by atoms with Crippen molar-refractivity contribution in [2.75, 3.05) is 7.11 Å². The van der Waals surface area contributed by atoms with Crippen LogP contribution in [0.2, 0.25) is 0 Å². The van der Waals surface area contributed by atoms with Crippen LogP contribution in [0.25, 0.3) is 0 Å². The highest BCUT2D eigenvalue weighted by Gasteiger charge is 2.45. The monoisotopic (exact) mass is 190 g/mol. The second kappa shape index (κ2) is 2.84. The summed E-state index contributed by atoms with van der Waals surface area (Å²) in [7, 11) is 1.72. The van der Waals surface area contributed by atoms with Crippen molar-refractivity contribution in [3.05, 3.63) is 35.4 Å². The highest BCUT2D eigenvalue weighted by Crippen LogP contribution is 2.33. The van der Waals surface area contributed by atoms with Gasteiger partial charge in [0.1, 0.15) is 7.11 Å². The van der Waals surface area contributed by atoms with Crippen LogP contribution < -0.4 is 0 Å². The number of fused-ring (bicyclic) bond motifs is 1. The standard InChI is InChI=1S/C12H16NO/c1-9-10-7-5-6-8-11(10)12(2,3)13(9)14-4/h5-8H,1-4H3/q+1. The van der Waals surface area contributed by atoms with Crippen molar-refractivity contribution in [3.63, 3.8) is 0 Å². The van der Waals surface area contributed by atoms with E-state index in [1.54, 1.807) is 7.11 Å². The molecule has 1 aromatic rings. The number of hydrogen-bond acceptors (Lipinski definition) is 1. The lowest BCUT2D eigenvalue weighted by Gasteiger charge is -2.14. The van der Waals surface area contributed by atoms with E-state index >= 15 is 0 Å². The van der Waals surface area contributed by atoms with Gasteiger partial charge in [0, 0.05) is 26.3 Å². The molecule has 0 saturated heterocycles. The predicted octanol–water partition coefficient (Wildman–Crippen LogP) is 2.32. The minimum atomic E-state index is -0.0601. The van der Waals surface area contributed by atoms with Gasteiger partial charge in [0.15, 0.2) is 0 Å². The minimum absolute atomic E-state index is 0.0601. The van der Waals surface area contributed by atoms with Gasteiger partial charge in [0.05, 0.1) is 5.56 Å². The topological polar surface area (TPSA) is 12.2 Å². The van der Waals surface area contributed by atoms with Crippen LogP contribution in [-0.2, 0) is 10.4 Å². The summed E-state index contributed by atoms with van der Waals surface area (Å²) in [4.78, 5) is 5.42. The van der Waals surface area contributed by atoms with Crippen LogP contribution in [0.5, 0.6) is 0 Å². The molecule has 0 spiro atoms. The van der Waals surface area contributed by atoms with Gasteiger partial charge in [-0.05, 0) is 10.8 Å². The molecule has 0 bridgehead atoms. The number of nitrogens with zero attached hydrogens (tertiary/aromatic N) is 1. The molecule has 0 saturated carbocycles. The van der Waals surface area contributed by atoms with Crippen LogP contribution in [0.15, 0.2) is 24.3 Å². The molecule has 1 aromatic carbocycles. The Balaban J connectivity index is 2.68. The summed E-state index contributed by atoms with van der Waals surface area (Å²) in [6.07, 6.45) is 0. The quantitative estimate of drug-likeness (QED) is 0.619. The summed E-state index contributed by atoms with van der Waals surface area (Å²) in [5.74, 6) is 0. The van der Waals surface area contributed by atoms with Crippen molar-refractivity contribution in [2.45, 2.75) is 26.3 Å². The molecule has 14 heavy (non-hydrogen) atoms. The molecule has 0 radical (unpaired) electrons. The number of hydrogen-bond donors (Lipinski definition) is 0. The lowest BCUT2D eigenvalue weighted by atomic mass is 9.93. The Morgan fingerprint density at radius 2 is 1.86 bits per heavy atom. The third-order valence-corrected chi connectivity index (χ3v) is 2.97. The Hall–Kier alpha value is -1.31. The van der Waals surface area contributed by atoms with Crippen molar-refractivity contribution in [3.8, 4) is 0 Å². The van der Waals surface area contributed by atoms with Crippen LogP contribution >= 0.6 is 0 Å². The van der Waals surface area contributed by atoms with Crippen molar-refractivity contribution in [1.29, 1.82) is 0 Å². The van der Waals surface area contributed by atoms with Crippen LogP contribution in [0.4, 0.5) is 0 Å². The summed E-state index contributed by atoms with van der Waals surface area (Å²) < 4.78 is 1.97. The summed E-state index contributed by atoms with van der Waals surface area (Å²) in [6.45, 7) is 6.44. The first-order chi connectivity index (χ1) is 6.59. The summed E-state index contributed by atoms with van der Waals surface area (Å²) in [6, 6.07) is 8.45. The maximum absolute atomic E-state index is 5.42. The highest BCUT2D eigenvalue weighted by atomic mass is 16.7. The molecule has 0 unspecified atom stereocenters. The minimum Gasteiger partial charge on any atom is -0.279 e. The average Bonchev–Trinajstić information content (AvgIpc) is 2.36. The molecule has 1 aliphatic rings. The van der Waals surface area contributed by atoms with Gasteiger partial charge in [-0.1, -0.05) is 18.2 Å². The first kappa shape index (κ1) is 9.25. The van der Waals surface area contributed by atoms with Gasteiger partial charge in [-0.15, -0.1) is 0 Å². The molecule has 2 rings (SSSR count). The Kier molecular flexibility index (Phi) is 1.88. The first-order valence-corrected chi connectivity index (χ1v) is 4.87. The Morgan fingerprint density at radius 1 is 1.21 bits per heavy atom.